The first kappa shape index (κ1) is 28.7. The molecule has 0 radical (unpaired) electrons. The van der Waals surface area contributed by atoms with E-state index in [2.05, 4.69) is 0 Å². The molecule has 2 aliphatic rings. The van der Waals surface area contributed by atoms with Gasteiger partial charge >= 0.3 is 12.0 Å². The second-order valence-corrected chi connectivity index (χ2v) is 12.0. The van der Waals surface area contributed by atoms with Gasteiger partial charge in [0.15, 0.2) is 0 Å². The SMILES string of the molecule is Cc1c(C2=C(C(=O)OCc3ccc([N+](=O)[O-])cc3)N3C(=O)[C@H]([C@@H](C)O)[C@H]3[C@H]2C)sc2c(SCCF)n(C(N)=O)c[n+]12. The molecule has 216 valence electrons. The maximum absolute atomic E-state index is 13.6. The number of nitrogens with two attached hydrogens (primary N) is 1. The number of thioether (sulfide) groups is 1. The number of β-lactam (4-membered cyclic amide) rings is 1. The first-order valence-corrected chi connectivity index (χ1v) is 14.5. The number of aromatic nitrogens is 2. The van der Waals surface area contributed by atoms with E-state index < -0.39 is 41.7 Å². The zero-order valence-corrected chi connectivity index (χ0v) is 23.9. The molecule has 5 rings (SSSR count). The number of aryl methyl sites for hydroxylation is 1. The molecule has 1 fully saturated rings. The highest BCUT2D eigenvalue weighted by Gasteiger charge is 2.60. The average molecular weight is 605 g/mol. The summed E-state index contributed by atoms with van der Waals surface area (Å²) in [7, 11) is 0. The van der Waals surface area contributed by atoms with Crippen molar-refractivity contribution < 1.29 is 37.9 Å². The fraction of sp³-hybridized carbons (Fsp3) is 0.385. The lowest BCUT2D eigenvalue weighted by atomic mass is 9.77. The number of primary amides is 1. The van der Waals surface area contributed by atoms with E-state index in [1.165, 1.54) is 58.3 Å². The zero-order chi connectivity index (χ0) is 29.7. The van der Waals surface area contributed by atoms with Gasteiger partial charge in [-0.25, -0.2) is 9.59 Å². The molecule has 2 amide bonds. The van der Waals surface area contributed by atoms with Gasteiger partial charge in [-0.15, -0.1) is 4.57 Å². The summed E-state index contributed by atoms with van der Waals surface area (Å²) >= 11 is 2.42. The van der Waals surface area contributed by atoms with Crippen LogP contribution in [0, 0.1) is 28.9 Å². The Kier molecular flexibility index (Phi) is 7.61. The van der Waals surface area contributed by atoms with Crippen molar-refractivity contribution in [1.82, 2.24) is 9.47 Å². The number of benzene rings is 1. The van der Waals surface area contributed by atoms with Crippen LogP contribution in [0.1, 0.15) is 30.0 Å². The topological polar surface area (TPSA) is 162 Å². The maximum Gasteiger partial charge on any atom is 0.411 e. The normalized spacial score (nSPS) is 20.8. The highest BCUT2D eigenvalue weighted by Crippen LogP contribution is 2.52. The molecule has 2 aromatic heterocycles. The number of ether oxygens (including phenoxy) is 1. The number of amides is 2. The molecular formula is C26H27FN5O7S2+. The number of aliphatic hydroxyl groups is 1. The van der Waals surface area contributed by atoms with E-state index in [4.69, 9.17) is 10.5 Å². The molecule has 4 heterocycles. The van der Waals surface area contributed by atoms with Gasteiger partial charge in [0.1, 0.15) is 18.0 Å². The summed E-state index contributed by atoms with van der Waals surface area (Å²) in [5.74, 6) is -2.07. The minimum Gasteiger partial charge on any atom is -0.456 e. The number of nitro benzene ring substituents is 1. The summed E-state index contributed by atoms with van der Waals surface area (Å²) in [5, 5.41) is 21.7. The Morgan fingerprint density at radius 2 is 2.02 bits per heavy atom. The van der Waals surface area contributed by atoms with E-state index in [1.807, 2.05) is 6.92 Å². The lowest BCUT2D eigenvalue weighted by Gasteiger charge is -2.46. The predicted molar refractivity (Wildman–Crippen MR) is 147 cm³/mol. The number of carbonyl (C=O) groups is 3. The van der Waals surface area contributed by atoms with Crippen molar-refractivity contribution in [3.63, 3.8) is 0 Å². The third-order valence-electron chi connectivity index (χ3n) is 7.42. The molecule has 1 saturated heterocycles. The van der Waals surface area contributed by atoms with Crippen LogP contribution < -0.4 is 10.1 Å². The van der Waals surface area contributed by atoms with Gasteiger partial charge in [0.2, 0.25) is 15.8 Å². The van der Waals surface area contributed by atoms with Crippen LogP contribution in [-0.2, 0) is 20.9 Å². The van der Waals surface area contributed by atoms with Crippen molar-refractivity contribution in [2.24, 2.45) is 17.6 Å². The van der Waals surface area contributed by atoms with E-state index in [-0.39, 0.29) is 35.6 Å². The molecule has 15 heteroatoms. The number of nitro groups is 1. The van der Waals surface area contributed by atoms with Crippen molar-refractivity contribution in [3.05, 3.63) is 62.5 Å². The van der Waals surface area contributed by atoms with Gasteiger partial charge in [-0.1, -0.05) is 30.0 Å². The van der Waals surface area contributed by atoms with Crippen LogP contribution in [0.4, 0.5) is 14.9 Å². The molecule has 0 spiro atoms. The van der Waals surface area contributed by atoms with Crippen LogP contribution in [0.25, 0.3) is 10.4 Å². The fourth-order valence-corrected chi connectivity index (χ4v) is 7.87. The molecule has 0 bridgehead atoms. The van der Waals surface area contributed by atoms with E-state index >= 15 is 0 Å². The van der Waals surface area contributed by atoms with Crippen LogP contribution in [0.5, 0.6) is 0 Å². The fourth-order valence-electron chi connectivity index (χ4n) is 5.50. The monoisotopic (exact) mass is 604 g/mol. The molecule has 12 nitrogen and oxygen atoms in total. The Morgan fingerprint density at radius 1 is 1.34 bits per heavy atom. The van der Waals surface area contributed by atoms with Crippen LogP contribution in [0.15, 0.2) is 41.3 Å². The number of esters is 1. The summed E-state index contributed by atoms with van der Waals surface area (Å²) in [6.07, 6.45) is 0.583. The summed E-state index contributed by atoms with van der Waals surface area (Å²) in [6, 6.07) is 4.40. The molecule has 3 aromatic rings. The molecule has 41 heavy (non-hydrogen) atoms. The van der Waals surface area contributed by atoms with Gasteiger partial charge < -0.3 is 20.5 Å². The molecule has 2 aliphatic heterocycles. The summed E-state index contributed by atoms with van der Waals surface area (Å²) < 4.78 is 21.6. The molecule has 1 aromatic carbocycles. The molecule has 4 atom stereocenters. The highest BCUT2D eigenvalue weighted by atomic mass is 32.2. The smallest absolute Gasteiger partial charge is 0.411 e. The number of rotatable bonds is 9. The number of non-ortho nitro benzene ring substituents is 1. The number of aliphatic hydroxyl groups excluding tert-OH is 1. The van der Waals surface area contributed by atoms with Gasteiger partial charge in [0.05, 0.1) is 34.5 Å². The predicted octanol–water partition coefficient (Wildman–Crippen LogP) is 2.81. The second kappa shape index (κ2) is 10.9. The first-order valence-electron chi connectivity index (χ1n) is 12.7. The largest absolute Gasteiger partial charge is 0.456 e. The van der Waals surface area contributed by atoms with Crippen LogP contribution in [0.2, 0.25) is 0 Å². The van der Waals surface area contributed by atoms with Gasteiger partial charge in [-0.2, -0.15) is 4.40 Å². The minimum absolute atomic E-state index is 0.0691. The summed E-state index contributed by atoms with van der Waals surface area (Å²) in [5.41, 5.74) is 7.29. The number of imidazole rings is 1. The van der Waals surface area contributed by atoms with Crippen molar-refractivity contribution in [2.45, 2.75) is 44.5 Å². The number of carbonyl (C=O) groups excluding carboxylic acids is 3. The van der Waals surface area contributed by atoms with E-state index in [0.29, 0.717) is 31.6 Å². The van der Waals surface area contributed by atoms with E-state index in [1.54, 1.807) is 11.3 Å². The van der Waals surface area contributed by atoms with Gasteiger partial charge in [0, 0.05) is 29.4 Å². The number of hydrogen-bond donors (Lipinski definition) is 2. The number of thiazole rings is 1. The van der Waals surface area contributed by atoms with Gasteiger partial charge in [-0.05, 0) is 31.5 Å². The molecule has 0 saturated carbocycles. The third kappa shape index (κ3) is 4.67. The van der Waals surface area contributed by atoms with Crippen molar-refractivity contribution >= 4 is 57.1 Å². The lowest BCUT2D eigenvalue weighted by molar-refractivity contribution is -0.515. The van der Waals surface area contributed by atoms with Crippen molar-refractivity contribution in [3.8, 4) is 0 Å². The maximum atomic E-state index is 13.6. The van der Waals surface area contributed by atoms with E-state index in [0.717, 1.165) is 11.8 Å². The molecule has 0 aliphatic carbocycles. The Hall–Kier alpha value is -3.82. The lowest BCUT2D eigenvalue weighted by Crippen LogP contribution is -2.63. The standard InChI is InChI=1S/C26H26FN5O7S2/c1-12-17(21-13(2)29-11-30(26(28)36)23(24(29)41-21)40-9-8-27)20(31-19(12)18(14(3)33)22(31)34)25(35)39-10-15-4-6-16(7-5-15)32(37)38/h4-7,11-12,14,18-19,33H,8-10H2,1-3H3,(H-,28,36)/p+1/t12-,14+,18+,19+/m0/s1. The van der Waals surface area contributed by atoms with Gasteiger partial charge in [-0.3, -0.25) is 19.3 Å². The minimum atomic E-state index is -0.929. The highest BCUT2D eigenvalue weighted by molar-refractivity contribution is 7.99. The molecular weight excluding hydrogens is 577 g/mol. The van der Waals surface area contributed by atoms with Crippen LogP contribution in [0.3, 0.4) is 0 Å². The first-order chi connectivity index (χ1) is 19.5. The molecule has 0 unspecified atom stereocenters. The average Bonchev–Trinajstić information content (AvgIpc) is 3.52. The Labute approximate surface area is 241 Å². The van der Waals surface area contributed by atoms with Crippen LogP contribution >= 0.6 is 23.1 Å². The van der Waals surface area contributed by atoms with Crippen molar-refractivity contribution in [2.75, 3.05) is 12.4 Å². The van der Waals surface area contributed by atoms with Crippen molar-refractivity contribution in [1.29, 1.82) is 0 Å². The zero-order valence-electron chi connectivity index (χ0n) is 22.3. The Bertz CT molecular complexity index is 1610. The molecule has 3 N–H and O–H groups in total. The quantitative estimate of drug-likeness (QED) is 0.0941. The Morgan fingerprint density at radius 3 is 2.61 bits per heavy atom. The number of halogens is 1. The van der Waals surface area contributed by atoms with Crippen LogP contribution in [-0.4, -0.2) is 62.0 Å². The summed E-state index contributed by atoms with van der Waals surface area (Å²) in [4.78, 5) is 51.9. The Balaban J connectivity index is 1.57. The number of fused-ring (bicyclic) bond motifs is 2. The van der Waals surface area contributed by atoms with Gasteiger partial charge in [0.25, 0.3) is 12.0 Å². The van der Waals surface area contributed by atoms with E-state index in [9.17, 15) is 34.0 Å². The summed E-state index contributed by atoms with van der Waals surface area (Å²) in [6.45, 7) is 4.43. The number of nitrogens with zero attached hydrogens (tertiary/aromatic N) is 4. The number of hydrogen-bond acceptors (Lipinski definition) is 9. The third-order valence-corrected chi connectivity index (χ3v) is 9.87. The second-order valence-electron chi connectivity index (χ2n) is 9.87. The number of alkyl halides is 1.